The standard InChI is InChI=1S/C18H21N3O4/c1-11(2)21-18(24)20-10-12-3-8-16(15(9-12)17(22)23)25-14-6-4-13(19)5-7-14/h3-9,11H,10,19H2,1-2H3,(H,22,23)(H2,20,21,24). The van der Waals surface area contributed by atoms with Crippen molar-refractivity contribution in [1.82, 2.24) is 10.6 Å². The van der Waals surface area contributed by atoms with Crippen molar-refractivity contribution in [2.45, 2.75) is 26.4 Å². The van der Waals surface area contributed by atoms with Crippen LogP contribution in [0.2, 0.25) is 0 Å². The van der Waals surface area contributed by atoms with Crippen molar-refractivity contribution in [1.29, 1.82) is 0 Å². The Morgan fingerprint density at radius 3 is 2.44 bits per heavy atom. The SMILES string of the molecule is CC(C)NC(=O)NCc1ccc(Oc2ccc(N)cc2)c(C(=O)O)c1. The number of ether oxygens (including phenoxy) is 1. The number of nitrogens with one attached hydrogen (secondary N) is 2. The topological polar surface area (TPSA) is 114 Å². The molecule has 0 spiro atoms. The van der Waals surface area contributed by atoms with E-state index < -0.39 is 5.97 Å². The normalized spacial score (nSPS) is 10.4. The molecule has 0 atom stereocenters. The Labute approximate surface area is 145 Å². The maximum Gasteiger partial charge on any atom is 0.339 e. The molecule has 0 saturated heterocycles. The smallest absolute Gasteiger partial charge is 0.339 e. The fourth-order valence-electron chi connectivity index (χ4n) is 2.10. The molecule has 0 aromatic heterocycles. The van der Waals surface area contributed by atoms with Crippen molar-refractivity contribution < 1.29 is 19.4 Å². The van der Waals surface area contributed by atoms with Crippen LogP contribution in [-0.4, -0.2) is 23.1 Å². The van der Waals surface area contributed by atoms with E-state index in [0.717, 1.165) is 0 Å². The second-order valence-corrected chi connectivity index (χ2v) is 5.79. The second-order valence-electron chi connectivity index (χ2n) is 5.79. The molecule has 2 aromatic rings. The van der Waals surface area contributed by atoms with Crippen LogP contribution < -0.4 is 21.1 Å². The Morgan fingerprint density at radius 2 is 1.84 bits per heavy atom. The minimum atomic E-state index is -1.11. The quantitative estimate of drug-likeness (QED) is 0.602. The van der Waals surface area contributed by atoms with Gasteiger partial charge in [-0.1, -0.05) is 6.07 Å². The largest absolute Gasteiger partial charge is 0.478 e. The molecule has 132 valence electrons. The van der Waals surface area contributed by atoms with Gasteiger partial charge >= 0.3 is 12.0 Å². The molecular weight excluding hydrogens is 322 g/mol. The van der Waals surface area contributed by atoms with Gasteiger partial charge < -0.3 is 26.2 Å². The Morgan fingerprint density at radius 1 is 1.16 bits per heavy atom. The Balaban J connectivity index is 2.12. The Hall–Kier alpha value is -3.22. The van der Waals surface area contributed by atoms with Gasteiger partial charge in [-0.05, 0) is 55.8 Å². The zero-order valence-corrected chi connectivity index (χ0v) is 14.1. The number of benzene rings is 2. The first-order valence-electron chi connectivity index (χ1n) is 7.79. The van der Waals surface area contributed by atoms with Gasteiger partial charge in [-0.3, -0.25) is 0 Å². The van der Waals surface area contributed by atoms with E-state index in [-0.39, 0.29) is 29.9 Å². The van der Waals surface area contributed by atoms with E-state index >= 15 is 0 Å². The van der Waals surface area contributed by atoms with Crippen LogP contribution in [0, 0.1) is 0 Å². The molecule has 0 aliphatic heterocycles. The number of carboxylic acid groups (broad SMARTS) is 1. The van der Waals surface area contributed by atoms with Crippen LogP contribution in [0.1, 0.15) is 29.8 Å². The lowest BCUT2D eigenvalue weighted by molar-refractivity contribution is 0.0694. The molecule has 25 heavy (non-hydrogen) atoms. The summed E-state index contributed by atoms with van der Waals surface area (Å²) in [5.41, 5.74) is 6.87. The summed E-state index contributed by atoms with van der Waals surface area (Å²) >= 11 is 0. The lowest BCUT2D eigenvalue weighted by Gasteiger charge is -2.12. The van der Waals surface area contributed by atoms with Gasteiger partial charge in [-0.15, -0.1) is 0 Å². The molecule has 0 fully saturated rings. The van der Waals surface area contributed by atoms with Crippen molar-refractivity contribution in [2.75, 3.05) is 5.73 Å². The predicted molar refractivity (Wildman–Crippen MR) is 94.8 cm³/mol. The molecule has 7 nitrogen and oxygen atoms in total. The van der Waals surface area contributed by atoms with Gasteiger partial charge in [0.2, 0.25) is 0 Å². The molecule has 0 radical (unpaired) electrons. The highest BCUT2D eigenvalue weighted by atomic mass is 16.5. The van der Waals surface area contributed by atoms with E-state index in [1.165, 1.54) is 6.07 Å². The summed E-state index contributed by atoms with van der Waals surface area (Å²) < 4.78 is 5.62. The summed E-state index contributed by atoms with van der Waals surface area (Å²) in [5, 5.41) is 14.8. The molecular formula is C18H21N3O4. The van der Waals surface area contributed by atoms with Gasteiger partial charge in [0.05, 0.1) is 0 Å². The first-order chi connectivity index (χ1) is 11.8. The second kappa shape index (κ2) is 8.05. The van der Waals surface area contributed by atoms with E-state index in [1.807, 2.05) is 13.8 Å². The number of nitrogen functional groups attached to an aromatic ring is 1. The summed E-state index contributed by atoms with van der Waals surface area (Å²) in [6, 6.07) is 11.1. The molecule has 2 aromatic carbocycles. The first kappa shape index (κ1) is 18.1. The maximum atomic E-state index is 11.6. The first-order valence-corrected chi connectivity index (χ1v) is 7.79. The number of carbonyl (C=O) groups is 2. The number of amides is 2. The highest BCUT2D eigenvalue weighted by Gasteiger charge is 2.14. The molecule has 0 aliphatic rings. The highest BCUT2D eigenvalue weighted by molar-refractivity contribution is 5.91. The monoisotopic (exact) mass is 343 g/mol. The molecule has 0 unspecified atom stereocenters. The van der Waals surface area contributed by atoms with Gasteiger partial charge in [0.1, 0.15) is 17.1 Å². The van der Waals surface area contributed by atoms with Gasteiger partial charge in [0, 0.05) is 18.3 Å². The third kappa shape index (κ3) is 5.42. The molecule has 0 heterocycles. The molecule has 7 heteroatoms. The number of urea groups is 1. The number of carbonyl (C=O) groups excluding carboxylic acids is 1. The van der Waals surface area contributed by atoms with Crippen LogP contribution in [0.4, 0.5) is 10.5 Å². The van der Waals surface area contributed by atoms with Crippen LogP contribution in [0.15, 0.2) is 42.5 Å². The fraction of sp³-hybridized carbons (Fsp3) is 0.222. The zero-order valence-electron chi connectivity index (χ0n) is 14.1. The minimum absolute atomic E-state index is 0.0143. The van der Waals surface area contributed by atoms with E-state index in [0.29, 0.717) is 17.0 Å². The lowest BCUT2D eigenvalue weighted by atomic mass is 10.1. The van der Waals surface area contributed by atoms with E-state index in [4.69, 9.17) is 10.5 Å². The van der Waals surface area contributed by atoms with Gasteiger partial charge in [0.15, 0.2) is 0 Å². The van der Waals surface area contributed by atoms with Gasteiger partial charge in [-0.25, -0.2) is 9.59 Å². The highest BCUT2D eigenvalue weighted by Crippen LogP contribution is 2.27. The molecule has 2 amide bonds. The van der Waals surface area contributed by atoms with Crippen molar-refractivity contribution in [3.63, 3.8) is 0 Å². The average Bonchev–Trinajstić information content (AvgIpc) is 2.55. The number of anilines is 1. The lowest BCUT2D eigenvalue weighted by Crippen LogP contribution is -2.39. The number of hydrogen-bond acceptors (Lipinski definition) is 4. The molecule has 2 rings (SSSR count). The van der Waals surface area contributed by atoms with E-state index in [9.17, 15) is 14.7 Å². The van der Waals surface area contributed by atoms with Gasteiger partial charge in [0.25, 0.3) is 0 Å². The molecule has 0 bridgehead atoms. The summed E-state index contributed by atoms with van der Waals surface area (Å²) in [6.45, 7) is 3.91. The summed E-state index contributed by atoms with van der Waals surface area (Å²) in [5.74, 6) is -0.412. The molecule has 0 saturated carbocycles. The van der Waals surface area contributed by atoms with Crippen LogP contribution in [0.5, 0.6) is 11.5 Å². The summed E-state index contributed by atoms with van der Waals surface area (Å²) in [6.07, 6.45) is 0. The number of rotatable bonds is 6. The number of aromatic carboxylic acids is 1. The van der Waals surface area contributed by atoms with Crippen LogP contribution in [0.3, 0.4) is 0 Å². The van der Waals surface area contributed by atoms with E-state index in [1.54, 1.807) is 36.4 Å². The fourth-order valence-corrected chi connectivity index (χ4v) is 2.10. The third-order valence-electron chi connectivity index (χ3n) is 3.26. The number of hydrogen-bond donors (Lipinski definition) is 4. The summed E-state index contributed by atoms with van der Waals surface area (Å²) in [7, 11) is 0. The van der Waals surface area contributed by atoms with Crippen molar-refractivity contribution in [3.05, 3.63) is 53.6 Å². The minimum Gasteiger partial charge on any atom is -0.478 e. The maximum absolute atomic E-state index is 11.6. The van der Waals surface area contributed by atoms with Crippen LogP contribution >= 0.6 is 0 Å². The Kier molecular flexibility index (Phi) is 5.84. The number of nitrogens with two attached hydrogens (primary N) is 1. The number of carboxylic acids is 1. The summed E-state index contributed by atoms with van der Waals surface area (Å²) in [4.78, 5) is 23.1. The zero-order chi connectivity index (χ0) is 18.4. The molecule has 0 aliphatic carbocycles. The van der Waals surface area contributed by atoms with Crippen molar-refractivity contribution in [3.8, 4) is 11.5 Å². The van der Waals surface area contributed by atoms with Crippen molar-refractivity contribution in [2.24, 2.45) is 0 Å². The van der Waals surface area contributed by atoms with E-state index in [2.05, 4.69) is 10.6 Å². The average molecular weight is 343 g/mol. The Bertz CT molecular complexity index is 757. The van der Waals surface area contributed by atoms with Crippen LogP contribution in [-0.2, 0) is 6.54 Å². The third-order valence-corrected chi connectivity index (χ3v) is 3.26. The van der Waals surface area contributed by atoms with Gasteiger partial charge in [-0.2, -0.15) is 0 Å². The predicted octanol–water partition coefficient (Wildman–Crippen LogP) is 2.97. The van der Waals surface area contributed by atoms with Crippen LogP contribution in [0.25, 0.3) is 0 Å². The van der Waals surface area contributed by atoms with Crippen molar-refractivity contribution >= 4 is 17.7 Å². The molecule has 5 N–H and O–H groups in total.